The third kappa shape index (κ3) is 4.54. The molecule has 0 amide bonds. The highest BCUT2D eigenvalue weighted by Crippen LogP contribution is 2.29. The first-order valence-electron chi connectivity index (χ1n) is 8.70. The average Bonchev–Trinajstić information content (AvgIpc) is 2.72. The average molecular weight is 365 g/mol. The van der Waals surface area contributed by atoms with Crippen molar-refractivity contribution in [1.29, 1.82) is 0 Å². The molecule has 0 bridgehead atoms. The van der Waals surface area contributed by atoms with Crippen LogP contribution in [0.5, 0.6) is 11.5 Å². The third-order valence-corrected chi connectivity index (χ3v) is 4.42. The van der Waals surface area contributed by atoms with E-state index in [1.165, 1.54) is 6.07 Å². The number of nitrogens with zero attached hydrogens (tertiary/aromatic N) is 1. The fourth-order valence-electron chi connectivity index (χ4n) is 2.96. The number of ether oxygens (including phenoxy) is 2. The predicted octanol–water partition coefficient (Wildman–Crippen LogP) is 3.23. The standard InChI is InChI=1S/C21H23N3O3/c1-14(19-10-11-20(25)24-23-19)22-21(15-6-4-8-17(12-15)26-2)16-7-5-9-18(13-16)27-3/h4-14,21-22H,1-3H3,(H,24,25). The summed E-state index contributed by atoms with van der Waals surface area (Å²) in [6, 6.07) is 18.9. The zero-order chi connectivity index (χ0) is 19.2. The Labute approximate surface area is 158 Å². The Kier molecular flexibility index (Phi) is 5.88. The molecule has 2 N–H and O–H groups in total. The van der Waals surface area contributed by atoms with Crippen LogP contribution in [0.4, 0.5) is 0 Å². The van der Waals surface area contributed by atoms with Crippen molar-refractivity contribution in [2.45, 2.75) is 19.0 Å². The summed E-state index contributed by atoms with van der Waals surface area (Å²) in [5.41, 5.74) is 2.64. The van der Waals surface area contributed by atoms with Gasteiger partial charge in [0.25, 0.3) is 5.56 Å². The first-order chi connectivity index (χ1) is 13.1. The first kappa shape index (κ1) is 18.7. The Morgan fingerprint density at radius 3 is 2.00 bits per heavy atom. The molecule has 1 heterocycles. The van der Waals surface area contributed by atoms with Gasteiger partial charge in [-0.25, -0.2) is 5.10 Å². The van der Waals surface area contributed by atoms with E-state index in [9.17, 15) is 4.79 Å². The van der Waals surface area contributed by atoms with E-state index in [2.05, 4.69) is 15.5 Å². The minimum absolute atomic E-state index is 0.0933. The van der Waals surface area contributed by atoms with Gasteiger partial charge < -0.3 is 9.47 Å². The summed E-state index contributed by atoms with van der Waals surface area (Å²) in [5.74, 6) is 1.58. The maximum atomic E-state index is 11.3. The van der Waals surface area contributed by atoms with Crippen LogP contribution in [0.15, 0.2) is 65.5 Å². The number of nitrogens with one attached hydrogen (secondary N) is 2. The summed E-state index contributed by atoms with van der Waals surface area (Å²) >= 11 is 0. The second-order valence-corrected chi connectivity index (χ2v) is 6.22. The molecule has 3 rings (SSSR count). The van der Waals surface area contributed by atoms with E-state index in [4.69, 9.17) is 9.47 Å². The van der Waals surface area contributed by atoms with E-state index in [1.54, 1.807) is 20.3 Å². The second-order valence-electron chi connectivity index (χ2n) is 6.22. The van der Waals surface area contributed by atoms with E-state index < -0.39 is 0 Å². The number of benzene rings is 2. The predicted molar refractivity (Wildman–Crippen MR) is 104 cm³/mol. The lowest BCUT2D eigenvalue weighted by atomic mass is 9.97. The lowest BCUT2D eigenvalue weighted by Crippen LogP contribution is -2.27. The van der Waals surface area contributed by atoms with Gasteiger partial charge in [0.1, 0.15) is 11.5 Å². The summed E-state index contributed by atoms with van der Waals surface area (Å²) in [6.07, 6.45) is 0. The Hall–Kier alpha value is -3.12. The van der Waals surface area contributed by atoms with Gasteiger partial charge in [0.15, 0.2) is 0 Å². The van der Waals surface area contributed by atoms with Gasteiger partial charge in [-0.1, -0.05) is 24.3 Å². The minimum atomic E-state index is -0.219. The number of hydrogen-bond acceptors (Lipinski definition) is 5. The van der Waals surface area contributed by atoms with Crippen LogP contribution in [0, 0.1) is 0 Å². The maximum absolute atomic E-state index is 11.3. The Balaban J connectivity index is 1.98. The monoisotopic (exact) mass is 365 g/mol. The summed E-state index contributed by atoms with van der Waals surface area (Å²) in [4.78, 5) is 11.3. The molecule has 0 spiro atoms. The Morgan fingerprint density at radius 2 is 1.52 bits per heavy atom. The van der Waals surface area contributed by atoms with Crippen molar-refractivity contribution in [3.8, 4) is 11.5 Å². The molecule has 0 aliphatic heterocycles. The van der Waals surface area contributed by atoms with Crippen molar-refractivity contribution in [2.75, 3.05) is 14.2 Å². The summed E-state index contributed by atoms with van der Waals surface area (Å²) in [6.45, 7) is 2.01. The van der Waals surface area contributed by atoms with Crippen molar-refractivity contribution < 1.29 is 9.47 Å². The number of aromatic nitrogens is 2. The van der Waals surface area contributed by atoms with Gasteiger partial charge in [-0.15, -0.1) is 0 Å². The first-order valence-corrected chi connectivity index (χ1v) is 8.70. The van der Waals surface area contributed by atoms with Gasteiger partial charge >= 0.3 is 0 Å². The van der Waals surface area contributed by atoms with Crippen LogP contribution in [0.25, 0.3) is 0 Å². The number of H-pyrrole nitrogens is 1. The molecule has 0 radical (unpaired) electrons. The molecule has 1 unspecified atom stereocenters. The van der Waals surface area contributed by atoms with Gasteiger partial charge in [0.2, 0.25) is 0 Å². The number of methoxy groups -OCH3 is 2. The van der Waals surface area contributed by atoms with Crippen LogP contribution in [-0.2, 0) is 0 Å². The van der Waals surface area contributed by atoms with Crippen molar-refractivity contribution in [3.63, 3.8) is 0 Å². The molecule has 1 aromatic heterocycles. The maximum Gasteiger partial charge on any atom is 0.264 e. The highest BCUT2D eigenvalue weighted by atomic mass is 16.5. The smallest absolute Gasteiger partial charge is 0.264 e. The molecule has 140 valence electrons. The van der Waals surface area contributed by atoms with Crippen molar-refractivity contribution in [3.05, 3.63) is 87.8 Å². The number of aromatic amines is 1. The normalized spacial score (nSPS) is 12.0. The van der Waals surface area contributed by atoms with E-state index >= 15 is 0 Å². The van der Waals surface area contributed by atoms with Gasteiger partial charge in [0.05, 0.1) is 26.0 Å². The Bertz CT molecular complexity index is 887. The van der Waals surface area contributed by atoms with E-state index in [-0.39, 0.29) is 17.6 Å². The number of rotatable bonds is 7. The molecule has 3 aromatic rings. The SMILES string of the molecule is COc1cccc(C(NC(C)c2ccc(=O)[nH]n2)c2cccc(OC)c2)c1. The lowest BCUT2D eigenvalue weighted by molar-refractivity contribution is 0.411. The molecule has 1 atom stereocenters. The summed E-state index contributed by atoms with van der Waals surface area (Å²) < 4.78 is 10.8. The molecular weight excluding hydrogens is 342 g/mol. The highest BCUT2D eigenvalue weighted by molar-refractivity contribution is 5.39. The largest absolute Gasteiger partial charge is 0.497 e. The minimum Gasteiger partial charge on any atom is -0.497 e. The highest BCUT2D eigenvalue weighted by Gasteiger charge is 2.19. The van der Waals surface area contributed by atoms with Gasteiger partial charge in [0, 0.05) is 12.1 Å². The zero-order valence-corrected chi connectivity index (χ0v) is 15.6. The van der Waals surface area contributed by atoms with Crippen LogP contribution in [-0.4, -0.2) is 24.4 Å². The van der Waals surface area contributed by atoms with Crippen LogP contribution in [0.3, 0.4) is 0 Å². The number of hydrogen-bond donors (Lipinski definition) is 2. The molecule has 2 aromatic carbocycles. The van der Waals surface area contributed by atoms with Crippen molar-refractivity contribution in [2.24, 2.45) is 0 Å². The van der Waals surface area contributed by atoms with Crippen LogP contribution >= 0.6 is 0 Å². The molecule has 27 heavy (non-hydrogen) atoms. The molecule has 6 nitrogen and oxygen atoms in total. The zero-order valence-electron chi connectivity index (χ0n) is 15.6. The van der Waals surface area contributed by atoms with Gasteiger partial charge in [-0.2, -0.15) is 5.10 Å². The molecule has 0 aliphatic carbocycles. The van der Waals surface area contributed by atoms with Crippen molar-refractivity contribution >= 4 is 0 Å². The molecular formula is C21H23N3O3. The molecule has 0 saturated carbocycles. The summed E-state index contributed by atoms with van der Waals surface area (Å²) in [5, 5.41) is 10.2. The molecule has 0 saturated heterocycles. The fourth-order valence-corrected chi connectivity index (χ4v) is 2.96. The van der Waals surface area contributed by atoms with Crippen LogP contribution in [0.1, 0.15) is 35.8 Å². The van der Waals surface area contributed by atoms with Crippen LogP contribution in [0.2, 0.25) is 0 Å². The van der Waals surface area contributed by atoms with E-state index in [0.717, 1.165) is 28.3 Å². The molecule has 6 heteroatoms. The topological polar surface area (TPSA) is 76.2 Å². The quantitative estimate of drug-likeness (QED) is 0.672. The van der Waals surface area contributed by atoms with Crippen molar-refractivity contribution in [1.82, 2.24) is 15.5 Å². The van der Waals surface area contributed by atoms with E-state index in [0.29, 0.717) is 0 Å². The van der Waals surface area contributed by atoms with Gasteiger partial charge in [-0.05, 0) is 48.4 Å². The van der Waals surface area contributed by atoms with Crippen LogP contribution < -0.4 is 20.3 Å². The third-order valence-electron chi connectivity index (χ3n) is 4.42. The fraction of sp³-hybridized carbons (Fsp3) is 0.238. The molecule has 0 fully saturated rings. The molecule has 0 aliphatic rings. The Morgan fingerprint density at radius 1 is 0.926 bits per heavy atom. The van der Waals surface area contributed by atoms with E-state index in [1.807, 2.05) is 55.5 Å². The van der Waals surface area contributed by atoms with Gasteiger partial charge in [-0.3, -0.25) is 10.1 Å². The lowest BCUT2D eigenvalue weighted by Gasteiger charge is -2.24. The second kappa shape index (κ2) is 8.51. The summed E-state index contributed by atoms with van der Waals surface area (Å²) in [7, 11) is 3.31.